The number of carbonyl (C=O) groups is 3. The molecule has 2 aliphatic heterocycles. The molecule has 0 aliphatic carbocycles. The van der Waals surface area contributed by atoms with Crippen molar-refractivity contribution in [3.63, 3.8) is 0 Å². The minimum absolute atomic E-state index is 0.0774. The van der Waals surface area contributed by atoms with Gasteiger partial charge in [0.1, 0.15) is 12.4 Å². The summed E-state index contributed by atoms with van der Waals surface area (Å²) >= 11 is 0. The number of carbonyl (C=O) groups excluding carboxylic acids is 2. The van der Waals surface area contributed by atoms with Crippen LogP contribution in [-0.4, -0.2) is 39.5 Å². The zero-order valence-electron chi connectivity index (χ0n) is 20.7. The number of primary amides is 1. The number of anilines is 1. The maximum Gasteiger partial charge on any atom is 0.307 e. The number of aromatic nitrogens is 2. The van der Waals surface area contributed by atoms with Crippen LogP contribution in [0.2, 0.25) is 0 Å². The van der Waals surface area contributed by atoms with Crippen LogP contribution in [0, 0.1) is 6.92 Å². The summed E-state index contributed by atoms with van der Waals surface area (Å²) in [7, 11) is 0. The van der Waals surface area contributed by atoms with Gasteiger partial charge in [0.2, 0.25) is 6.79 Å². The second-order valence-corrected chi connectivity index (χ2v) is 9.10. The van der Waals surface area contributed by atoms with E-state index >= 15 is 0 Å². The molecule has 0 atom stereocenters. The van der Waals surface area contributed by atoms with Crippen LogP contribution in [0.4, 0.5) is 5.69 Å². The van der Waals surface area contributed by atoms with E-state index < -0.39 is 17.8 Å². The van der Waals surface area contributed by atoms with Gasteiger partial charge >= 0.3 is 5.97 Å². The Morgan fingerprint density at radius 3 is 2.62 bits per heavy atom. The van der Waals surface area contributed by atoms with Crippen molar-refractivity contribution in [1.82, 2.24) is 9.78 Å². The van der Waals surface area contributed by atoms with Crippen molar-refractivity contribution in [3.8, 4) is 34.2 Å². The lowest BCUT2D eigenvalue weighted by Crippen LogP contribution is -2.16. The van der Waals surface area contributed by atoms with Gasteiger partial charge in [-0.15, -0.1) is 0 Å². The molecule has 3 heterocycles. The van der Waals surface area contributed by atoms with Crippen molar-refractivity contribution < 1.29 is 33.7 Å². The summed E-state index contributed by atoms with van der Waals surface area (Å²) in [6, 6.07) is 15.5. The molecule has 0 radical (unpaired) electrons. The molecule has 39 heavy (non-hydrogen) atoms. The van der Waals surface area contributed by atoms with Crippen LogP contribution < -0.4 is 25.3 Å². The van der Waals surface area contributed by atoms with Gasteiger partial charge in [0, 0.05) is 28.4 Å². The maximum atomic E-state index is 13.2. The number of benzene rings is 3. The van der Waals surface area contributed by atoms with E-state index in [1.54, 1.807) is 66.2 Å². The van der Waals surface area contributed by atoms with Gasteiger partial charge < -0.3 is 30.4 Å². The van der Waals surface area contributed by atoms with Gasteiger partial charge in [0.25, 0.3) is 11.8 Å². The lowest BCUT2D eigenvalue weighted by Gasteiger charge is -2.21. The normalized spacial score (nSPS) is 12.7. The molecule has 0 bridgehead atoms. The van der Waals surface area contributed by atoms with E-state index in [0.29, 0.717) is 62.1 Å². The Labute approximate surface area is 221 Å². The molecule has 1 aromatic heterocycles. The van der Waals surface area contributed by atoms with Crippen molar-refractivity contribution in [2.45, 2.75) is 20.0 Å². The summed E-state index contributed by atoms with van der Waals surface area (Å²) in [5.41, 5.74) is 10.1. The number of carboxylic acid groups (broad SMARTS) is 1. The van der Waals surface area contributed by atoms with Crippen molar-refractivity contribution in [1.29, 1.82) is 0 Å². The van der Waals surface area contributed by atoms with Gasteiger partial charge in [-0.1, -0.05) is 12.1 Å². The van der Waals surface area contributed by atoms with Crippen LogP contribution in [0.1, 0.15) is 37.5 Å². The van der Waals surface area contributed by atoms with Gasteiger partial charge in [-0.25, -0.2) is 4.68 Å². The third kappa shape index (κ3) is 4.19. The molecule has 0 unspecified atom stereocenters. The Morgan fingerprint density at radius 2 is 1.82 bits per heavy atom. The molecule has 4 aromatic rings. The van der Waals surface area contributed by atoms with Crippen molar-refractivity contribution >= 4 is 23.5 Å². The fraction of sp³-hybridized carbons (Fsp3) is 0.143. The lowest BCUT2D eigenvalue weighted by atomic mass is 9.99. The van der Waals surface area contributed by atoms with E-state index in [1.807, 2.05) is 0 Å². The number of fused-ring (bicyclic) bond motifs is 4. The molecule has 4 N–H and O–H groups in total. The molecule has 11 nitrogen and oxygen atoms in total. The van der Waals surface area contributed by atoms with E-state index in [1.165, 1.54) is 0 Å². The van der Waals surface area contributed by atoms with Crippen LogP contribution in [-0.2, 0) is 17.8 Å². The Bertz CT molecular complexity index is 1690. The Hall–Kier alpha value is -5.32. The topological polar surface area (TPSA) is 155 Å². The van der Waals surface area contributed by atoms with Gasteiger partial charge in [0.05, 0.1) is 17.8 Å². The van der Waals surface area contributed by atoms with Crippen molar-refractivity contribution in [3.05, 3.63) is 82.5 Å². The number of rotatable bonds is 6. The van der Waals surface area contributed by atoms with Gasteiger partial charge in [-0.2, -0.15) is 5.10 Å². The van der Waals surface area contributed by atoms with Crippen molar-refractivity contribution in [2.75, 3.05) is 12.1 Å². The number of amides is 2. The highest BCUT2D eigenvalue weighted by Gasteiger charge is 2.30. The van der Waals surface area contributed by atoms with Gasteiger partial charge in [-0.3, -0.25) is 14.4 Å². The highest BCUT2D eigenvalue weighted by molar-refractivity contribution is 6.06. The van der Waals surface area contributed by atoms with E-state index in [2.05, 4.69) is 10.4 Å². The van der Waals surface area contributed by atoms with Gasteiger partial charge in [0.15, 0.2) is 17.2 Å². The average Bonchev–Trinajstić information content (AvgIpc) is 3.54. The number of nitrogens with zero attached hydrogens (tertiary/aromatic N) is 2. The standard InChI is InChI=1S/C28H22N4O7/c1-14-15(9-24(33)34)3-2-4-18(14)28(36)30-16-5-7-21-19(10-16)26-20(12-37-21)25(27(29)35)31-32(26)17-6-8-22-23(11-17)39-13-38-22/h2-8,10-11H,9,12-13H2,1H3,(H2,29,35)(H,30,36)(H,33,34). The Morgan fingerprint density at radius 1 is 1.03 bits per heavy atom. The first-order valence-electron chi connectivity index (χ1n) is 12.0. The smallest absolute Gasteiger partial charge is 0.307 e. The van der Waals surface area contributed by atoms with E-state index in [9.17, 15) is 19.5 Å². The molecule has 0 saturated carbocycles. The summed E-state index contributed by atoms with van der Waals surface area (Å²) in [4.78, 5) is 36.6. The zero-order valence-corrected chi connectivity index (χ0v) is 20.7. The second-order valence-electron chi connectivity index (χ2n) is 9.10. The highest BCUT2D eigenvalue weighted by Crippen LogP contribution is 2.43. The molecule has 11 heteroatoms. The Kier molecular flexibility index (Phi) is 5.68. The van der Waals surface area contributed by atoms with Crippen LogP contribution in [0.3, 0.4) is 0 Å². The summed E-state index contributed by atoms with van der Waals surface area (Å²) in [5, 5.41) is 16.6. The fourth-order valence-electron chi connectivity index (χ4n) is 4.82. The van der Waals surface area contributed by atoms with Crippen LogP contribution in [0.15, 0.2) is 54.6 Å². The molecule has 3 aromatic carbocycles. The van der Waals surface area contributed by atoms with Crippen LogP contribution in [0.25, 0.3) is 16.9 Å². The predicted octanol–water partition coefficient (Wildman–Crippen LogP) is 3.45. The minimum atomic E-state index is -0.976. The molecule has 196 valence electrons. The molecular weight excluding hydrogens is 504 g/mol. The zero-order chi connectivity index (χ0) is 27.3. The fourth-order valence-corrected chi connectivity index (χ4v) is 4.82. The summed E-state index contributed by atoms with van der Waals surface area (Å²) in [6.45, 7) is 1.92. The monoisotopic (exact) mass is 526 g/mol. The quantitative estimate of drug-likeness (QED) is 0.345. The molecular formula is C28H22N4O7. The lowest BCUT2D eigenvalue weighted by molar-refractivity contribution is -0.136. The van der Waals surface area contributed by atoms with E-state index in [4.69, 9.17) is 19.9 Å². The first-order chi connectivity index (χ1) is 18.8. The Balaban J connectivity index is 1.40. The van der Waals surface area contributed by atoms with Crippen LogP contribution >= 0.6 is 0 Å². The average molecular weight is 527 g/mol. The molecule has 0 saturated heterocycles. The van der Waals surface area contributed by atoms with E-state index in [0.717, 1.165) is 0 Å². The number of carboxylic acids is 1. The first-order valence-corrected chi connectivity index (χ1v) is 12.0. The van der Waals surface area contributed by atoms with Gasteiger partial charge in [-0.05, 0) is 54.4 Å². The predicted molar refractivity (Wildman–Crippen MR) is 138 cm³/mol. The largest absolute Gasteiger partial charge is 0.488 e. The first kappa shape index (κ1) is 24.0. The maximum absolute atomic E-state index is 13.2. The third-order valence-corrected chi connectivity index (χ3v) is 6.71. The van der Waals surface area contributed by atoms with Crippen molar-refractivity contribution in [2.24, 2.45) is 5.73 Å². The number of nitrogens with one attached hydrogen (secondary N) is 1. The molecule has 6 rings (SSSR count). The summed E-state index contributed by atoms with van der Waals surface area (Å²) in [5.74, 6) is -0.371. The number of hydrogen-bond acceptors (Lipinski definition) is 7. The summed E-state index contributed by atoms with van der Waals surface area (Å²) < 4.78 is 18.4. The molecule has 0 fully saturated rings. The second kappa shape index (κ2) is 9.21. The number of ether oxygens (including phenoxy) is 3. The van der Waals surface area contributed by atoms with E-state index in [-0.39, 0.29) is 25.5 Å². The number of aliphatic carboxylic acids is 1. The molecule has 0 spiro atoms. The van der Waals surface area contributed by atoms with Crippen LogP contribution in [0.5, 0.6) is 17.2 Å². The number of nitrogens with two attached hydrogens (primary N) is 1. The summed E-state index contributed by atoms with van der Waals surface area (Å²) in [6.07, 6.45) is -0.183. The SMILES string of the molecule is Cc1c(CC(=O)O)cccc1C(=O)Nc1ccc2c(c1)-c1c(c(C(N)=O)nn1-c1ccc3c(c1)OCO3)CO2. The molecule has 2 aliphatic rings. The number of hydrogen-bond donors (Lipinski definition) is 3. The molecule has 2 amide bonds. The highest BCUT2D eigenvalue weighted by atomic mass is 16.7. The third-order valence-electron chi connectivity index (χ3n) is 6.71. The minimum Gasteiger partial charge on any atom is -0.488 e.